The maximum absolute atomic E-state index is 11.2. The molecule has 1 aliphatic rings. The van der Waals surface area contributed by atoms with Crippen LogP contribution in [0.15, 0.2) is 0 Å². The largest absolute Gasteiger partial charge is 0.433 e. The Balaban J connectivity index is 2.12. The summed E-state index contributed by atoms with van der Waals surface area (Å²) in [5, 5.41) is 0. The van der Waals surface area contributed by atoms with Crippen molar-refractivity contribution in [1.82, 2.24) is 9.80 Å². The number of ether oxygens (including phenoxy) is 1. The molecular weight excluding hydrogens is 168 g/mol. The number of carbonyl (C=O) groups excluding carboxylic acids is 1. The molecule has 0 atom stereocenters. The lowest BCUT2D eigenvalue weighted by atomic mass is 10.2. The van der Waals surface area contributed by atoms with Crippen molar-refractivity contribution in [2.24, 2.45) is 0 Å². The molecule has 1 amide bonds. The highest BCUT2D eigenvalue weighted by atomic mass is 16.6. The molecule has 13 heavy (non-hydrogen) atoms. The fraction of sp³-hybridized carbons (Fsp3) is 0.889. The third-order valence-electron chi connectivity index (χ3n) is 2.38. The minimum Gasteiger partial charge on any atom is -0.433 e. The molecule has 1 saturated heterocycles. The summed E-state index contributed by atoms with van der Waals surface area (Å²) < 4.78 is 5.10. The molecule has 0 bridgehead atoms. The van der Waals surface area contributed by atoms with Crippen molar-refractivity contribution in [2.75, 3.05) is 32.9 Å². The second-order valence-corrected chi connectivity index (χ2v) is 3.18. The number of amides is 1. The first-order valence-electron chi connectivity index (χ1n) is 4.92. The predicted molar refractivity (Wildman–Crippen MR) is 50.5 cm³/mol. The molecule has 1 rings (SSSR count). The third-order valence-corrected chi connectivity index (χ3v) is 2.38. The molecule has 0 radical (unpaired) electrons. The van der Waals surface area contributed by atoms with Crippen molar-refractivity contribution in [3.63, 3.8) is 0 Å². The van der Waals surface area contributed by atoms with Crippen LogP contribution in [0.1, 0.15) is 20.3 Å². The zero-order valence-corrected chi connectivity index (χ0v) is 8.45. The van der Waals surface area contributed by atoms with Crippen LogP contribution in [0.5, 0.6) is 0 Å². The van der Waals surface area contributed by atoms with E-state index in [9.17, 15) is 4.79 Å². The Bertz CT molecular complexity index is 165. The molecule has 0 N–H and O–H groups in total. The topological polar surface area (TPSA) is 32.8 Å². The van der Waals surface area contributed by atoms with Gasteiger partial charge in [-0.2, -0.15) is 0 Å². The van der Waals surface area contributed by atoms with Crippen LogP contribution in [0.2, 0.25) is 0 Å². The highest BCUT2D eigenvalue weighted by molar-refractivity contribution is 5.68. The first-order chi connectivity index (χ1) is 6.27. The van der Waals surface area contributed by atoms with Gasteiger partial charge >= 0.3 is 6.09 Å². The highest BCUT2D eigenvalue weighted by Crippen LogP contribution is 2.07. The van der Waals surface area contributed by atoms with Gasteiger partial charge in [0.25, 0.3) is 0 Å². The molecular formula is C9H18N2O2. The van der Waals surface area contributed by atoms with Gasteiger partial charge in [-0.1, -0.05) is 13.8 Å². The molecule has 0 aliphatic carbocycles. The lowest BCUT2D eigenvalue weighted by molar-refractivity contribution is 0.0357. The van der Waals surface area contributed by atoms with E-state index in [2.05, 4.69) is 18.7 Å². The molecule has 0 saturated carbocycles. The standard InChI is InChI=1S/C9H18N2O2/c1-3-10(4-2)8-13-9(12)11-6-5-7-11/h3-8H2,1-2H3. The highest BCUT2D eigenvalue weighted by Gasteiger charge is 2.21. The number of carbonyl (C=O) groups is 1. The Morgan fingerprint density at radius 3 is 2.38 bits per heavy atom. The van der Waals surface area contributed by atoms with Crippen molar-refractivity contribution >= 4 is 6.09 Å². The fourth-order valence-corrected chi connectivity index (χ4v) is 1.14. The average Bonchev–Trinajstić information content (AvgIpc) is 2.03. The summed E-state index contributed by atoms with van der Waals surface area (Å²) in [7, 11) is 0. The zero-order valence-electron chi connectivity index (χ0n) is 8.45. The summed E-state index contributed by atoms with van der Waals surface area (Å²) in [6.07, 6.45) is 0.943. The van der Waals surface area contributed by atoms with E-state index in [0.717, 1.165) is 32.6 Å². The first-order valence-corrected chi connectivity index (χ1v) is 4.92. The molecule has 0 spiro atoms. The molecule has 0 aromatic carbocycles. The van der Waals surface area contributed by atoms with Crippen molar-refractivity contribution < 1.29 is 9.53 Å². The smallest absolute Gasteiger partial charge is 0.411 e. The first kappa shape index (κ1) is 10.3. The summed E-state index contributed by atoms with van der Waals surface area (Å²) in [4.78, 5) is 15.0. The molecule has 4 nitrogen and oxygen atoms in total. The monoisotopic (exact) mass is 186 g/mol. The molecule has 76 valence electrons. The number of hydrogen-bond donors (Lipinski definition) is 0. The normalized spacial score (nSPS) is 15.8. The fourth-order valence-electron chi connectivity index (χ4n) is 1.14. The van der Waals surface area contributed by atoms with Gasteiger partial charge in [-0.05, 0) is 19.5 Å². The van der Waals surface area contributed by atoms with Gasteiger partial charge in [0.05, 0.1) is 0 Å². The average molecular weight is 186 g/mol. The van der Waals surface area contributed by atoms with E-state index < -0.39 is 0 Å². The third kappa shape index (κ3) is 2.88. The Labute approximate surface area is 79.4 Å². The quantitative estimate of drug-likeness (QED) is 0.617. The van der Waals surface area contributed by atoms with Crippen LogP contribution in [0.4, 0.5) is 4.79 Å². The van der Waals surface area contributed by atoms with Crippen LogP contribution in [0, 0.1) is 0 Å². The van der Waals surface area contributed by atoms with Gasteiger partial charge < -0.3 is 9.64 Å². The van der Waals surface area contributed by atoms with E-state index in [0.29, 0.717) is 6.73 Å². The SMILES string of the molecule is CCN(CC)COC(=O)N1CCC1. The maximum atomic E-state index is 11.2. The van der Waals surface area contributed by atoms with Gasteiger partial charge in [0.1, 0.15) is 6.73 Å². The predicted octanol–water partition coefficient (Wildman–Crippen LogP) is 1.13. The molecule has 1 fully saturated rings. The minimum atomic E-state index is -0.168. The summed E-state index contributed by atoms with van der Waals surface area (Å²) in [6.45, 7) is 8.09. The summed E-state index contributed by atoms with van der Waals surface area (Å²) in [5.41, 5.74) is 0. The molecule has 1 aliphatic heterocycles. The van der Waals surface area contributed by atoms with E-state index in [1.54, 1.807) is 4.90 Å². The number of rotatable bonds is 4. The zero-order chi connectivity index (χ0) is 9.68. The van der Waals surface area contributed by atoms with Crippen LogP contribution >= 0.6 is 0 Å². The van der Waals surface area contributed by atoms with Crippen molar-refractivity contribution in [3.05, 3.63) is 0 Å². The van der Waals surface area contributed by atoms with Crippen LogP contribution in [-0.4, -0.2) is 48.8 Å². The van der Waals surface area contributed by atoms with Gasteiger partial charge in [0.15, 0.2) is 0 Å². The van der Waals surface area contributed by atoms with Crippen LogP contribution in [-0.2, 0) is 4.74 Å². The second-order valence-electron chi connectivity index (χ2n) is 3.18. The lowest BCUT2D eigenvalue weighted by Crippen LogP contribution is -2.43. The Morgan fingerprint density at radius 2 is 2.00 bits per heavy atom. The summed E-state index contributed by atoms with van der Waals surface area (Å²) >= 11 is 0. The number of likely N-dealkylation sites (tertiary alicyclic amines) is 1. The van der Waals surface area contributed by atoms with Gasteiger partial charge in [-0.15, -0.1) is 0 Å². The lowest BCUT2D eigenvalue weighted by Gasteiger charge is -2.30. The van der Waals surface area contributed by atoms with E-state index in [4.69, 9.17) is 4.74 Å². The van der Waals surface area contributed by atoms with E-state index >= 15 is 0 Å². The summed E-state index contributed by atoms with van der Waals surface area (Å²) in [6, 6.07) is 0. The molecule has 0 aromatic heterocycles. The molecule has 0 aromatic rings. The second kappa shape index (κ2) is 5.07. The minimum absolute atomic E-state index is 0.168. The van der Waals surface area contributed by atoms with E-state index in [1.807, 2.05) is 0 Å². The molecule has 4 heteroatoms. The van der Waals surface area contributed by atoms with Crippen LogP contribution in [0.3, 0.4) is 0 Å². The maximum Gasteiger partial charge on any atom is 0.411 e. The van der Waals surface area contributed by atoms with Crippen molar-refractivity contribution in [2.45, 2.75) is 20.3 Å². The van der Waals surface area contributed by atoms with Gasteiger partial charge in [-0.3, -0.25) is 4.90 Å². The van der Waals surface area contributed by atoms with E-state index in [1.165, 1.54) is 0 Å². The van der Waals surface area contributed by atoms with Crippen molar-refractivity contribution in [1.29, 1.82) is 0 Å². The molecule has 1 heterocycles. The Morgan fingerprint density at radius 1 is 1.38 bits per heavy atom. The number of hydrogen-bond acceptors (Lipinski definition) is 3. The molecule has 0 unspecified atom stereocenters. The van der Waals surface area contributed by atoms with Crippen molar-refractivity contribution in [3.8, 4) is 0 Å². The van der Waals surface area contributed by atoms with Gasteiger partial charge in [-0.25, -0.2) is 4.79 Å². The Kier molecular flexibility index (Phi) is 4.02. The van der Waals surface area contributed by atoms with Crippen LogP contribution < -0.4 is 0 Å². The van der Waals surface area contributed by atoms with E-state index in [-0.39, 0.29) is 6.09 Å². The van der Waals surface area contributed by atoms with Crippen LogP contribution in [0.25, 0.3) is 0 Å². The number of nitrogens with zero attached hydrogens (tertiary/aromatic N) is 2. The Hall–Kier alpha value is -0.770. The van der Waals surface area contributed by atoms with Gasteiger partial charge in [0, 0.05) is 13.1 Å². The summed E-state index contributed by atoms with van der Waals surface area (Å²) in [5.74, 6) is 0. The van der Waals surface area contributed by atoms with Gasteiger partial charge in [0.2, 0.25) is 0 Å².